The predicted octanol–water partition coefficient (Wildman–Crippen LogP) is 0.761. The van der Waals surface area contributed by atoms with Crippen molar-refractivity contribution in [3.05, 3.63) is 0 Å². The number of likely N-dealkylation sites (tertiary alicyclic amines) is 1. The molecule has 1 heterocycles. The first kappa shape index (κ1) is 15.9. The molecule has 0 saturated carbocycles. The second-order valence-corrected chi connectivity index (χ2v) is 5.64. The van der Waals surface area contributed by atoms with Crippen LogP contribution >= 0.6 is 0 Å². The van der Waals surface area contributed by atoms with Gasteiger partial charge >= 0.3 is 0 Å². The van der Waals surface area contributed by atoms with E-state index in [0.717, 1.165) is 32.7 Å². The standard InChI is InChI=1S/C14H31N3O/c1-5-17(6-2)13-7-8-16(10-13)11-14(18)9-15-12(3)4/h12-15,18H,5-11H2,1-4H3. The van der Waals surface area contributed by atoms with Crippen molar-refractivity contribution < 1.29 is 5.11 Å². The Morgan fingerprint density at radius 3 is 2.56 bits per heavy atom. The van der Waals surface area contributed by atoms with Gasteiger partial charge in [0.15, 0.2) is 0 Å². The Bertz CT molecular complexity index is 219. The summed E-state index contributed by atoms with van der Waals surface area (Å²) in [5.74, 6) is 0. The highest BCUT2D eigenvalue weighted by Gasteiger charge is 2.27. The van der Waals surface area contributed by atoms with Gasteiger partial charge in [-0.1, -0.05) is 27.7 Å². The van der Waals surface area contributed by atoms with Crippen LogP contribution in [-0.2, 0) is 0 Å². The molecule has 0 amide bonds. The molecule has 2 unspecified atom stereocenters. The zero-order valence-corrected chi connectivity index (χ0v) is 12.5. The van der Waals surface area contributed by atoms with Crippen LogP contribution in [0.2, 0.25) is 0 Å². The van der Waals surface area contributed by atoms with E-state index < -0.39 is 0 Å². The minimum Gasteiger partial charge on any atom is -0.390 e. The van der Waals surface area contributed by atoms with Crippen LogP contribution in [0.25, 0.3) is 0 Å². The van der Waals surface area contributed by atoms with E-state index in [4.69, 9.17) is 0 Å². The van der Waals surface area contributed by atoms with Gasteiger partial charge in [-0.25, -0.2) is 0 Å². The van der Waals surface area contributed by atoms with Crippen LogP contribution in [0, 0.1) is 0 Å². The molecule has 1 rings (SSSR count). The van der Waals surface area contributed by atoms with Gasteiger partial charge in [-0.2, -0.15) is 0 Å². The van der Waals surface area contributed by atoms with E-state index in [2.05, 4.69) is 42.8 Å². The third kappa shape index (κ3) is 5.22. The number of nitrogens with zero attached hydrogens (tertiary/aromatic N) is 2. The molecule has 0 radical (unpaired) electrons. The van der Waals surface area contributed by atoms with Gasteiger partial charge in [-0.3, -0.25) is 9.80 Å². The molecule has 2 N–H and O–H groups in total. The van der Waals surface area contributed by atoms with E-state index in [1.807, 2.05) is 0 Å². The normalized spacial score (nSPS) is 23.2. The first-order valence-corrected chi connectivity index (χ1v) is 7.44. The highest BCUT2D eigenvalue weighted by atomic mass is 16.3. The molecule has 0 spiro atoms. The second kappa shape index (κ2) is 8.10. The summed E-state index contributed by atoms with van der Waals surface area (Å²) < 4.78 is 0. The van der Waals surface area contributed by atoms with Crippen LogP contribution in [0.4, 0.5) is 0 Å². The molecule has 108 valence electrons. The van der Waals surface area contributed by atoms with Crippen LogP contribution in [-0.4, -0.2) is 72.4 Å². The smallest absolute Gasteiger partial charge is 0.0791 e. The Morgan fingerprint density at radius 1 is 1.33 bits per heavy atom. The van der Waals surface area contributed by atoms with E-state index in [1.54, 1.807) is 0 Å². The molecule has 1 aliphatic heterocycles. The van der Waals surface area contributed by atoms with Crippen LogP contribution in [0.5, 0.6) is 0 Å². The Balaban J connectivity index is 2.25. The summed E-state index contributed by atoms with van der Waals surface area (Å²) in [6, 6.07) is 1.13. The topological polar surface area (TPSA) is 38.7 Å². The molecule has 4 heteroatoms. The molecule has 0 aromatic carbocycles. The van der Waals surface area contributed by atoms with Crippen molar-refractivity contribution in [2.24, 2.45) is 0 Å². The van der Waals surface area contributed by atoms with E-state index in [1.165, 1.54) is 6.42 Å². The van der Waals surface area contributed by atoms with Gasteiger partial charge in [0.05, 0.1) is 6.10 Å². The van der Waals surface area contributed by atoms with Crippen molar-refractivity contribution in [3.8, 4) is 0 Å². The van der Waals surface area contributed by atoms with Crippen LogP contribution in [0.15, 0.2) is 0 Å². The molecule has 2 atom stereocenters. The van der Waals surface area contributed by atoms with Gasteiger partial charge < -0.3 is 10.4 Å². The first-order chi connectivity index (χ1) is 8.56. The Kier molecular flexibility index (Phi) is 7.15. The summed E-state index contributed by atoms with van der Waals surface area (Å²) in [6.45, 7) is 14.7. The van der Waals surface area contributed by atoms with Gasteiger partial charge in [-0.15, -0.1) is 0 Å². The molecule has 4 nitrogen and oxygen atoms in total. The number of rotatable bonds is 8. The summed E-state index contributed by atoms with van der Waals surface area (Å²) in [4.78, 5) is 4.93. The van der Waals surface area contributed by atoms with Crippen molar-refractivity contribution in [3.63, 3.8) is 0 Å². The molecular weight excluding hydrogens is 226 g/mol. The SMILES string of the molecule is CCN(CC)C1CCN(CC(O)CNC(C)C)C1. The van der Waals surface area contributed by atoms with E-state index in [0.29, 0.717) is 18.6 Å². The minimum absolute atomic E-state index is 0.247. The van der Waals surface area contributed by atoms with Crippen molar-refractivity contribution in [1.82, 2.24) is 15.1 Å². The highest BCUT2D eigenvalue weighted by Crippen LogP contribution is 2.15. The maximum atomic E-state index is 9.98. The minimum atomic E-state index is -0.247. The maximum absolute atomic E-state index is 9.98. The van der Waals surface area contributed by atoms with Crippen LogP contribution in [0.1, 0.15) is 34.1 Å². The number of aliphatic hydroxyl groups is 1. The average Bonchev–Trinajstić information content (AvgIpc) is 2.76. The third-order valence-corrected chi connectivity index (χ3v) is 3.81. The number of likely N-dealkylation sites (N-methyl/N-ethyl adjacent to an activating group) is 1. The van der Waals surface area contributed by atoms with Crippen molar-refractivity contribution >= 4 is 0 Å². The Labute approximate surface area is 112 Å². The molecule has 1 aliphatic rings. The molecular formula is C14H31N3O. The average molecular weight is 257 g/mol. The summed E-state index contributed by atoms with van der Waals surface area (Å²) >= 11 is 0. The lowest BCUT2D eigenvalue weighted by Crippen LogP contribution is -2.41. The van der Waals surface area contributed by atoms with Crippen molar-refractivity contribution in [2.45, 2.75) is 52.3 Å². The van der Waals surface area contributed by atoms with Gasteiger partial charge in [0.2, 0.25) is 0 Å². The van der Waals surface area contributed by atoms with Crippen molar-refractivity contribution in [1.29, 1.82) is 0 Å². The molecule has 1 saturated heterocycles. The second-order valence-electron chi connectivity index (χ2n) is 5.64. The lowest BCUT2D eigenvalue weighted by atomic mass is 10.2. The zero-order valence-electron chi connectivity index (χ0n) is 12.5. The largest absolute Gasteiger partial charge is 0.390 e. The fraction of sp³-hybridized carbons (Fsp3) is 1.00. The van der Waals surface area contributed by atoms with Gasteiger partial charge in [-0.05, 0) is 26.1 Å². The number of nitrogens with one attached hydrogen (secondary N) is 1. The summed E-state index contributed by atoms with van der Waals surface area (Å²) in [7, 11) is 0. The highest BCUT2D eigenvalue weighted by molar-refractivity contribution is 4.84. The monoisotopic (exact) mass is 257 g/mol. The molecule has 0 aromatic rings. The molecule has 0 aliphatic carbocycles. The summed E-state index contributed by atoms with van der Waals surface area (Å²) in [5.41, 5.74) is 0. The molecule has 0 bridgehead atoms. The lowest BCUT2D eigenvalue weighted by molar-refractivity contribution is 0.115. The number of hydrogen-bond donors (Lipinski definition) is 2. The molecule has 1 fully saturated rings. The maximum Gasteiger partial charge on any atom is 0.0791 e. The van der Waals surface area contributed by atoms with Crippen LogP contribution < -0.4 is 5.32 Å². The summed E-state index contributed by atoms with van der Waals surface area (Å²) in [5, 5.41) is 13.3. The fourth-order valence-electron chi connectivity index (χ4n) is 2.75. The van der Waals surface area contributed by atoms with Gasteiger partial charge in [0.25, 0.3) is 0 Å². The van der Waals surface area contributed by atoms with E-state index in [9.17, 15) is 5.11 Å². The third-order valence-electron chi connectivity index (χ3n) is 3.81. The fourth-order valence-corrected chi connectivity index (χ4v) is 2.75. The van der Waals surface area contributed by atoms with E-state index in [-0.39, 0.29) is 6.10 Å². The van der Waals surface area contributed by atoms with Crippen molar-refractivity contribution in [2.75, 3.05) is 39.3 Å². The van der Waals surface area contributed by atoms with Crippen LogP contribution in [0.3, 0.4) is 0 Å². The first-order valence-electron chi connectivity index (χ1n) is 7.44. The van der Waals surface area contributed by atoms with Gasteiger partial charge in [0, 0.05) is 31.7 Å². The Morgan fingerprint density at radius 2 is 2.00 bits per heavy atom. The number of β-amino-alcohol motifs (C(OH)–C–C–N with tert-alkyl or cyclic N) is 1. The summed E-state index contributed by atoms with van der Waals surface area (Å²) in [6.07, 6.45) is 0.995. The zero-order chi connectivity index (χ0) is 13.5. The van der Waals surface area contributed by atoms with Gasteiger partial charge in [0.1, 0.15) is 0 Å². The Hall–Kier alpha value is -0.160. The molecule has 0 aromatic heterocycles. The number of hydrogen-bond acceptors (Lipinski definition) is 4. The molecule has 18 heavy (non-hydrogen) atoms. The lowest BCUT2D eigenvalue weighted by Gasteiger charge is -2.27. The quantitative estimate of drug-likeness (QED) is 0.673. The number of aliphatic hydroxyl groups excluding tert-OH is 1. The predicted molar refractivity (Wildman–Crippen MR) is 76.9 cm³/mol. The van der Waals surface area contributed by atoms with E-state index >= 15 is 0 Å².